The molecule has 3 nitrogen and oxygen atoms in total. The van der Waals surface area contributed by atoms with Crippen LogP contribution in [0.2, 0.25) is 0 Å². The van der Waals surface area contributed by atoms with E-state index in [9.17, 15) is 13.0 Å². The Labute approximate surface area is 84.2 Å². The summed E-state index contributed by atoms with van der Waals surface area (Å²) in [5.41, 5.74) is 0. The monoisotopic (exact) mass is 174 g/mol. The molecule has 56 valence electrons. The minimum atomic E-state index is -4.01. The molecule has 0 amide bonds. The van der Waals surface area contributed by atoms with Crippen LogP contribution in [0.3, 0.4) is 0 Å². The molecule has 0 saturated carbocycles. The largest absolute Gasteiger partial charge is 1.00 e. The van der Waals surface area contributed by atoms with Crippen molar-refractivity contribution in [1.29, 1.82) is 0 Å². The summed E-state index contributed by atoms with van der Waals surface area (Å²) in [5, 5.41) is -0.720. The van der Waals surface area contributed by atoms with Gasteiger partial charge in [-0.05, 0) is 13.3 Å². The molecule has 0 saturated heterocycles. The molecule has 0 aromatic rings. The molecule has 0 spiro atoms. The first-order valence-electron chi connectivity index (χ1n) is 2.93. The van der Waals surface area contributed by atoms with E-state index in [1.165, 1.54) is 6.92 Å². The summed E-state index contributed by atoms with van der Waals surface area (Å²) < 4.78 is 30.5. The molecule has 0 bridgehead atoms. The van der Waals surface area contributed by atoms with Crippen molar-refractivity contribution in [2.24, 2.45) is 0 Å². The van der Waals surface area contributed by atoms with Crippen LogP contribution in [0.1, 0.15) is 26.7 Å². The second kappa shape index (κ2) is 5.55. The van der Waals surface area contributed by atoms with Gasteiger partial charge in [0.05, 0.1) is 10.1 Å². The van der Waals surface area contributed by atoms with Crippen molar-refractivity contribution in [3.8, 4) is 0 Å². The minimum absolute atomic E-state index is 0. The van der Waals surface area contributed by atoms with E-state index in [0.29, 0.717) is 6.42 Å². The van der Waals surface area contributed by atoms with Crippen LogP contribution >= 0.6 is 0 Å². The third kappa shape index (κ3) is 5.68. The average molecular weight is 174 g/mol. The average Bonchev–Trinajstić information content (AvgIpc) is 1.64. The summed E-state index contributed by atoms with van der Waals surface area (Å²) in [7, 11) is -4.01. The Bertz CT molecular complexity index is 164. The maximum Gasteiger partial charge on any atom is 1.00 e. The van der Waals surface area contributed by atoms with Gasteiger partial charge in [-0.25, -0.2) is 8.42 Å². The fraction of sp³-hybridized carbons (Fsp3) is 1.00. The Hall–Kier alpha value is 0.910. The van der Waals surface area contributed by atoms with Crippen LogP contribution in [-0.4, -0.2) is 18.2 Å². The van der Waals surface area contributed by atoms with Crippen molar-refractivity contribution in [2.45, 2.75) is 31.9 Å². The normalized spacial score (nSPS) is 13.9. The SMILES string of the molecule is CCCC(C)S(=O)(=O)[O-].[Na+]. The van der Waals surface area contributed by atoms with Crippen molar-refractivity contribution in [2.75, 3.05) is 0 Å². The Morgan fingerprint density at radius 1 is 1.50 bits per heavy atom. The quantitative estimate of drug-likeness (QED) is 0.358. The van der Waals surface area contributed by atoms with Gasteiger partial charge in [0, 0.05) is 5.25 Å². The van der Waals surface area contributed by atoms with E-state index in [2.05, 4.69) is 0 Å². The molecule has 0 fully saturated rings. The summed E-state index contributed by atoms with van der Waals surface area (Å²) in [4.78, 5) is 0. The van der Waals surface area contributed by atoms with Gasteiger partial charge >= 0.3 is 29.6 Å². The second-order valence-corrected chi connectivity index (χ2v) is 3.88. The van der Waals surface area contributed by atoms with E-state index in [4.69, 9.17) is 0 Å². The van der Waals surface area contributed by atoms with Crippen LogP contribution in [0.25, 0.3) is 0 Å². The van der Waals surface area contributed by atoms with Gasteiger partial charge in [0.15, 0.2) is 0 Å². The van der Waals surface area contributed by atoms with Gasteiger partial charge < -0.3 is 4.55 Å². The van der Waals surface area contributed by atoms with E-state index >= 15 is 0 Å². The van der Waals surface area contributed by atoms with E-state index in [1.54, 1.807) is 0 Å². The zero-order valence-electron chi connectivity index (χ0n) is 6.62. The first-order valence-corrected chi connectivity index (χ1v) is 4.40. The molecule has 10 heavy (non-hydrogen) atoms. The van der Waals surface area contributed by atoms with Crippen LogP contribution in [0.4, 0.5) is 0 Å². The number of rotatable bonds is 3. The van der Waals surface area contributed by atoms with Gasteiger partial charge in [-0.2, -0.15) is 0 Å². The van der Waals surface area contributed by atoms with Gasteiger partial charge in [-0.15, -0.1) is 0 Å². The Kier molecular flexibility index (Phi) is 7.49. The molecule has 0 heterocycles. The molecule has 1 atom stereocenters. The van der Waals surface area contributed by atoms with Gasteiger partial charge in [0.25, 0.3) is 0 Å². The molecule has 0 aliphatic carbocycles. The van der Waals surface area contributed by atoms with Crippen LogP contribution in [0, 0.1) is 0 Å². The first kappa shape index (κ1) is 13.5. The third-order valence-electron chi connectivity index (χ3n) is 1.19. The second-order valence-electron chi connectivity index (χ2n) is 2.09. The molecule has 0 aromatic carbocycles. The smallest absolute Gasteiger partial charge is 0.748 e. The van der Waals surface area contributed by atoms with Crippen LogP contribution in [0.5, 0.6) is 0 Å². The molecular weight excluding hydrogens is 163 g/mol. The number of hydrogen-bond acceptors (Lipinski definition) is 3. The van der Waals surface area contributed by atoms with Gasteiger partial charge in [-0.3, -0.25) is 0 Å². The fourth-order valence-electron chi connectivity index (χ4n) is 0.551. The molecule has 0 rings (SSSR count). The molecule has 1 unspecified atom stereocenters. The fourth-order valence-corrected chi connectivity index (χ4v) is 1.08. The van der Waals surface area contributed by atoms with Gasteiger partial charge in [0.2, 0.25) is 0 Å². The topological polar surface area (TPSA) is 57.2 Å². The van der Waals surface area contributed by atoms with Gasteiger partial charge in [-0.1, -0.05) is 13.3 Å². The molecule has 0 aliphatic heterocycles. The zero-order chi connectivity index (χ0) is 7.49. The maximum atomic E-state index is 10.2. The van der Waals surface area contributed by atoms with Crippen LogP contribution in [-0.2, 0) is 10.1 Å². The Balaban J connectivity index is 0. The summed E-state index contributed by atoms with van der Waals surface area (Å²) in [5.74, 6) is 0. The number of hydrogen-bond donors (Lipinski definition) is 0. The van der Waals surface area contributed by atoms with Crippen LogP contribution < -0.4 is 29.6 Å². The van der Waals surface area contributed by atoms with Crippen LogP contribution in [0.15, 0.2) is 0 Å². The molecular formula is C5H11NaO3S. The molecule has 0 radical (unpaired) electrons. The summed E-state index contributed by atoms with van der Waals surface area (Å²) in [6.07, 6.45) is 1.20. The Morgan fingerprint density at radius 3 is 2.00 bits per heavy atom. The first-order chi connectivity index (χ1) is 3.98. The Morgan fingerprint density at radius 2 is 1.90 bits per heavy atom. The van der Waals surface area contributed by atoms with E-state index in [1.807, 2.05) is 6.92 Å². The van der Waals surface area contributed by atoms with Crippen molar-refractivity contribution < 1.29 is 42.5 Å². The predicted octanol–water partition coefficient (Wildman–Crippen LogP) is -2.28. The zero-order valence-corrected chi connectivity index (χ0v) is 9.44. The molecule has 0 aromatic heterocycles. The summed E-state index contributed by atoms with van der Waals surface area (Å²) in [6, 6.07) is 0. The van der Waals surface area contributed by atoms with E-state index in [0.717, 1.165) is 6.42 Å². The van der Waals surface area contributed by atoms with E-state index < -0.39 is 15.4 Å². The van der Waals surface area contributed by atoms with Crippen molar-refractivity contribution in [3.05, 3.63) is 0 Å². The van der Waals surface area contributed by atoms with Crippen molar-refractivity contribution in [1.82, 2.24) is 0 Å². The molecule has 0 N–H and O–H groups in total. The van der Waals surface area contributed by atoms with Crippen molar-refractivity contribution >= 4 is 10.1 Å². The third-order valence-corrected chi connectivity index (χ3v) is 2.41. The molecule has 0 aliphatic rings. The van der Waals surface area contributed by atoms with Gasteiger partial charge in [0.1, 0.15) is 0 Å². The summed E-state index contributed by atoms with van der Waals surface area (Å²) >= 11 is 0. The minimum Gasteiger partial charge on any atom is -0.748 e. The maximum absolute atomic E-state index is 10.2. The molecule has 5 heteroatoms. The van der Waals surface area contributed by atoms with E-state index in [-0.39, 0.29) is 29.6 Å². The summed E-state index contributed by atoms with van der Waals surface area (Å²) in [6.45, 7) is 3.29. The predicted molar refractivity (Wildman–Crippen MR) is 34.1 cm³/mol. The standard InChI is InChI=1S/C5H12O3S.Na/c1-3-4-5(2)9(6,7)8;/h5H,3-4H2,1-2H3,(H,6,7,8);/q;+1/p-1. The van der Waals surface area contributed by atoms with Crippen molar-refractivity contribution in [3.63, 3.8) is 0 Å².